The van der Waals surface area contributed by atoms with Crippen LogP contribution in [0.15, 0.2) is 12.1 Å². The Balaban J connectivity index is 2.33. The van der Waals surface area contributed by atoms with Gasteiger partial charge in [-0.2, -0.15) is 0 Å². The van der Waals surface area contributed by atoms with E-state index >= 15 is 0 Å². The predicted octanol–water partition coefficient (Wildman–Crippen LogP) is 3.31. The molecule has 1 saturated heterocycles. The van der Waals surface area contributed by atoms with E-state index in [4.69, 9.17) is 0 Å². The van der Waals surface area contributed by atoms with Crippen molar-refractivity contribution in [1.82, 2.24) is 5.32 Å². The van der Waals surface area contributed by atoms with Crippen molar-refractivity contribution in [3.63, 3.8) is 0 Å². The zero-order valence-corrected chi connectivity index (χ0v) is 14.1. The van der Waals surface area contributed by atoms with E-state index in [9.17, 15) is 14.5 Å². The van der Waals surface area contributed by atoms with Crippen LogP contribution < -0.4 is 10.2 Å². The summed E-state index contributed by atoms with van der Waals surface area (Å²) in [6.07, 6.45) is 3.03. The van der Waals surface area contributed by atoms with Crippen LogP contribution in [0.3, 0.4) is 0 Å². The van der Waals surface area contributed by atoms with Crippen molar-refractivity contribution in [1.29, 1.82) is 0 Å². The lowest BCUT2D eigenvalue weighted by molar-refractivity contribution is -0.384. The number of hydrogen-bond donors (Lipinski definition) is 1. The number of rotatable bonds is 6. The van der Waals surface area contributed by atoms with Crippen LogP contribution in [0.25, 0.3) is 0 Å². The van der Waals surface area contributed by atoms with Gasteiger partial charge in [-0.15, -0.1) is 0 Å². The number of nitrogens with one attached hydrogen (secondary N) is 1. The van der Waals surface area contributed by atoms with Crippen LogP contribution in [0, 0.1) is 19.5 Å². The monoisotopic (exact) mass is 407 g/mol. The zero-order chi connectivity index (χ0) is 15.4. The first-order valence-electron chi connectivity index (χ1n) is 7.14. The first-order chi connectivity index (χ1) is 10.0. The maximum atomic E-state index is 13.9. The summed E-state index contributed by atoms with van der Waals surface area (Å²) < 4.78 is 14.1. The lowest BCUT2D eigenvalue weighted by Crippen LogP contribution is -2.38. The first-order valence-corrected chi connectivity index (χ1v) is 8.22. The molecule has 1 heterocycles. The number of benzene rings is 1. The Morgan fingerprint density at radius 3 is 2.90 bits per heavy atom. The van der Waals surface area contributed by atoms with Gasteiger partial charge in [-0.1, -0.05) is 6.92 Å². The highest BCUT2D eigenvalue weighted by Crippen LogP contribution is 2.32. The van der Waals surface area contributed by atoms with E-state index in [1.54, 1.807) is 22.6 Å². The fourth-order valence-electron chi connectivity index (χ4n) is 2.68. The highest BCUT2D eigenvalue weighted by Gasteiger charge is 2.25. The topological polar surface area (TPSA) is 58.4 Å². The van der Waals surface area contributed by atoms with Crippen LogP contribution in [0.1, 0.15) is 26.2 Å². The molecule has 116 valence electrons. The molecule has 5 nitrogen and oxygen atoms in total. The predicted molar refractivity (Wildman–Crippen MR) is 89.3 cm³/mol. The summed E-state index contributed by atoms with van der Waals surface area (Å²) in [6, 6.07) is 2.93. The van der Waals surface area contributed by atoms with Crippen LogP contribution >= 0.6 is 22.6 Å². The molecule has 0 amide bonds. The number of nitro groups is 1. The van der Waals surface area contributed by atoms with Gasteiger partial charge >= 0.3 is 0 Å². The van der Waals surface area contributed by atoms with E-state index in [0.29, 0.717) is 24.8 Å². The van der Waals surface area contributed by atoms with Crippen molar-refractivity contribution in [3.8, 4) is 0 Å². The average molecular weight is 407 g/mol. The van der Waals surface area contributed by atoms with Gasteiger partial charge in [0.2, 0.25) is 0 Å². The third kappa shape index (κ3) is 4.03. The highest BCUT2D eigenvalue weighted by molar-refractivity contribution is 14.1. The maximum absolute atomic E-state index is 13.9. The molecular weight excluding hydrogens is 388 g/mol. The molecule has 0 aliphatic carbocycles. The van der Waals surface area contributed by atoms with Gasteiger partial charge in [-0.05, 0) is 48.4 Å². The number of nitrogens with zero attached hydrogens (tertiary/aromatic N) is 2. The molecule has 0 aromatic heterocycles. The Morgan fingerprint density at radius 2 is 2.33 bits per heavy atom. The third-order valence-corrected chi connectivity index (χ3v) is 4.48. The van der Waals surface area contributed by atoms with Gasteiger partial charge in [0.15, 0.2) is 0 Å². The number of anilines is 1. The van der Waals surface area contributed by atoms with E-state index in [-0.39, 0.29) is 9.26 Å². The van der Waals surface area contributed by atoms with Crippen molar-refractivity contribution >= 4 is 34.0 Å². The lowest BCUT2D eigenvalue weighted by Gasteiger charge is -2.27. The molecule has 7 heteroatoms. The second kappa shape index (κ2) is 7.35. The number of halogens is 2. The molecule has 1 fully saturated rings. The minimum Gasteiger partial charge on any atom is -0.364 e. The van der Waals surface area contributed by atoms with Crippen LogP contribution in [-0.4, -0.2) is 30.6 Å². The Bertz CT molecular complexity index is 521. The Kier molecular flexibility index (Phi) is 5.74. The van der Waals surface area contributed by atoms with Gasteiger partial charge < -0.3 is 10.2 Å². The molecule has 1 aliphatic rings. The molecule has 1 atom stereocenters. The van der Waals surface area contributed by atoms with E-state index in [0.717, 1.165) is 25.8 Å². The summed E-state index contributed by atoms with van der Waals surface area (Å²) in [6.45, 7) is 4.35. The fraction of sp³-hybridized carbons (Fsp3) is 0.571. The largest absolute Gasteiger partial charge is 0.364 e. The minimum absolute atomic E-state index is 0.0211. The fourth-order valence-corrected chi connectivity index (χ4v) is 3.13. The lowest BCUT2D eigenvalue weighted by atomic mass is 10.1. The first kappa shape index (κ1) is 16.4. The summed E-state index contributed by atoms with van der Waals surface area (Å²) in [5.41, 5.74) is 0.362. The van der Waals surface area contributed by atoms with Crippen molar-refractivity contribution in [2.45, 2.75) is 32.2 Å². The number of nitro benzene ring substituents is 1. The molecule has 2 rings (SSSR count). The second-order valence-corrected chi connectivity index (χ2v) is 6.41. The maximum Gasteiger partial charge on any atom is 0.293 e. The van der Waals surface area contributed by atoms with Crippen LogP contribution in [0.2, 0.25) is 0 Å². The third-order valence-electron chi connectivity index (χ3n) is 3.65. The smallest absolute Gasteiger partial charge is 0.293 e. The number of hydrogen-bond acceptors (Lipinski definition) is 4. The molecular formula is C14H19FIN3O2. The molecule has 1 N–H and O–H groups in total. The quantitative estimate of drug-likeness (QED) is 0.447. The van der Waals surface area contributed by atoms with Gasteiger partial charge in [0.1, 0.15) is 11.5 Å². The Labute approximate surface area is 137 Å². The molecule has 0 bridgehead atoms. The van der Waals surface area contributed by atoms with Crippen LogP contribution in [0.4, 0.5) is 15.8 Å². The normalized spacial score (nSPS) is 18.0. The van der Waals surface area contributed by atoms with Crippen molar-refractivity contribution in [2.75, 3.05) is 24.5 Å². The van der Waals surface area contributed by atoms with Crippen LogP contribution in [-0.2, 0) is 0 Å². The summed E-state index contributed by atoms with van der Waals surface area (Å²) in [7, 11) is 0. The van der Waals surface area contributed by atoms with E-state index in [1.807, 2.05) is 11.8 Å². The second-order valence-electron chi connectivity index (χ2n) is 5.25. The average Bonchev–Trinajstić information content (AvgIpc) is 2.93. The van der Waals surface area contributed by atoms with Gasteiger partial charge in [-0.25, -0.2) is 4.39 Å². The van der Waals surface area contributed by atoms with Gasteiger partial charge in [-0.3, -0.25) is 10.1 Å². The standard InChI is InChI=1S/C14H19FIN3O2/c1-2-6-18(9-10-4-3-5-17-10)13-7-11(15)12(16)8-14(13)19(20)21/h7-8,10,17H,2-6,9H2,1H3. The molecule has 1 aliphatic heterocycles. The summed E-state index contributed by atoms with van der Waals surface area (Å²) in [4.78, 5) is 12.8. The molecule has 21 heavy (non-hydrogen) atoms. The molecule has 1 unspecified atom stereocenters. The minimum atomic E-state index is -0.429. The Hall–Kier alpha value is -0.960. The molecule has 0 radical (unpaired) electrons. The Morgan fingerprint density at radius 1 is 1.57 bits per heavy atom. The summed E-state index contributed by atoms with van der Waals surface area (Å²) >= 11 is 1.78. The van der Waals surface area contributed by atoms with E-state index in [1.165, 1.54) is 12.1 Å². The van der Waals surface area contributed by atoms with Gasteiger partial charge in [0.25, 0.3) is 5.69 Å². The summed E-state index contributed by atoms with van der Waals surface area (Å²) in [5.74, 6) is -0.406. The molecule has 1 aromatic carbocycles. The van der Waals surface area contributed by atoms with Crippen LogP contribution in [0.5, 0.6) is 0 Å². The van der Waals surface area contributed by atoms with Crippen molar-refractivity contribution in [3.05, 3.63) is 31.6 Å². The van der Waals surface area contributed by atoms with Gasteiger partial charge in [0.05, 0.1) is 8.49 Å². The van der Waals surface area contributed by atoms with Crippen molar-refractivity contribution in [2.24, 2.45) is 0 Å². The molecule has 0 spiro atoms. The molecule has 0 saturated carbocycles. The molecule has 1 aromatic rings. The summed E-state index contributed by atoms with van der Waals surface area (Å²) in [5, 5.41) is 14.7. The van der Waals surface area contributed by atoms with E-state index in [2.05, 4.69) is 5.32 Å². The highest BCUT2D eigenvalue weighted by atomic mass is 127. The van der Waals surface area contributed by atoms with Crippen molar-refractivity contribution < 1.29 is 9.31 Å². The van der Waals surface area contributed by atoms with Gasteiger partial charge in [0, 0.05) is 31.3 Å². The zero-order valence-electron chi connectivity index (χ0n) is 11.9. The van der Waals surface area contributed by atoms with E-state index < -0.39 is 10.7 Å². The SMILES string of the molecule is CCCN(CC1CCCN1)c1cc(F)c(I)cc1[N+](=O)[O-].